The lowest BCUT2D eigenvalue weighted by Crippen LogP contribution is -2.39. The number of esters is 2. The van der Waals surface area contributed by atoms with Crippen molar-refractivity contribution in [1.82, 2.24) is 0 Å². The van der Waals surface area contributed by atoms with Crippen LogP contribution in [0.2, 0.25) is 0 Å². The molecule has 1 fully saturated rings. The molecule has 2 rings (SSSR count). The Morgan fingerprint density at radius 2 is 1.80 bits per heavy atom. The molecule has 2 aliphatic carbocycles. The van der Waals surface area contributed by atoms with E-state index in [4.69, 9.17) is 9.47 Å². The van der Waals surface area contributed by atoms with Gasteiger partial charge in [-0.2, -0.15) is 0 Å². The van der Waals surface area contributed by atoms with Crippen LogP contribution < -0.4 is 0 Å². The summed E-state index contributed by atoms with van der Waals surface area (Å²) in [4.78, 5) is 24.3. The number of methoxy groups -OCH3 is 2. The van der Waals surface area contributed by atoms with E-state index in [1.165, 1.54) is 14.2 Å². The smallest absolute Gasteiger partial charge is 0.323 e. The molecular weight excluding hydrogens is 256 g/mol. The third-order valence-electron chi connectivity index (χ3n) is 4.29. The minimum atomic E-state index is -1.18. The van der Waals surface area contributed by atoms with E-state index in [2.05, 4.69) is 32.1 Å². The van der Waals surface area contributed by atoms with Crippen molar-refractivity contribution in [3.63, 3.8) is 0 Å². The summed E-state index contributed by atoms with van der Waals surface area (Å²) in [5, 5.41) is 0. The number of fused-ring (bicyclic) bond motifs is 1. The quantitative estimate of drug-likeness (QED) is 0.442. The minimum absolute atomic E-state index is 0.0445. The summed E-state index contributed by atoms with van der Waals surface area (Å²) in [5.41, 5.74) is 0.000240. The number of ether oxygens (including phenoxy) is 2. The zero-order valence-electron chi connectivity index (χ0n) is 12.6. The maximum absolute atomic E-state index is 12.2. The fourth-order valence-corrected chi connectivity index (χ4v) is 3.29. The van der Waals surface area contributed by atoms with Crippen LogP contribution in [0.1, 0.15) is 33.1 Å². The van der Waals surface area contributed by atoms with Gasteiger partial charge in [-0.3, -0.25) is 9.59 Å². The molecule has 0 aromatic carbocycles. The highest BCUT2D eigenvalue weighted by Crippen LogP contribution is 2.50. The molecule has 0 heterocycles. The van der Waals surface area contributed by atoms with Gasteiger partial charge in [0.05, 0.1) is 14.2 Å². The first-order chi connectivity index (χ1) is 9.34. The average Bonchev–Trinajstić information content (AvgIpc) is 2.69. The minimum Gasteiger partial charge on any atom is -0.468 e. The monoisotopic (exact) mass is 278 g/mol. The lowest BCUT2D eigenvalue weighted by molar-refractivity contribution is -0.168. The highest BCUT2D eigenvalue weighted by atomic mass is 16.5. The molecular formula is C16H22O4. The van der Waals surface area contributed by atoms with Gasteiger partial charge in [0.1, 0.15) is 0 Å². The molecule has 0 amide bonds. The Balaban J connectivity index is 2.42. The molecule has 1 saturated carbocycles. The highest BCUT2D eigenvalue weighted by molar-refractivity contribution is 6.01. The molecule has 4 heteroatoms. The molecule has 110 valence electrons. The Morgan fingerprint density at radius 1 is 1.20 bits per heavy atom. The van der Waals surface area contributed by atoms with Gasteiger partial charge in [0, 0.05) is 0 Å². The van der Waals surface area contributed by atoms with Crippen LogP contribution >= 0.6 is 0 Å². The third-order valence-corrected chi connectivity index (χ3v) is 4.29. The largest absolute Gasteiger partial charge is 0.468 e. The van der Waals surface area contributed by atoms with Crippen molar-refractivity contribution in [1.29, 1.82) is 0 Å². The maximum Gasteiger partial charge on any atom is 0.323 e. The molecule has 0 bridgehead atoms. The third kappa shape index (κ3) is 2.39. The summed E-state index contributed by atoms with van der Waals surface area (Å²) in [7, 11) is 2.63. The average molecular weight is 278 g/mol. The van der Waals surface area contributed by atoms with E-state index in [-0.39, 0.29) is 11.3 Å². The van der Waals surface area contributed by atoms with E-state index in [1.807, 2.05) is 0 Å². The van der Waals surface area contributed by atoms with Gasteiger partial charge in [-0.15, -0.1) is 0 Å². The van der Waals surface area contributed by atoms with E-state index in [0.29, 0.717) is 12.8 Å². The van der Waals surface area contributed by atoms with Crippen LogP contribution in [0, 0.1) is 16.7 Å². The van der Waals surface area contributed by atoms with E-state index >= 15 is 0 Å². The Hall–Kier alpha value is -1.58. The topological polar surface area (TPSA) is 52.6 Å². The summed E-state index contributed by atoms with van der Waals surface area (Å²) < 4.78 is 9.72. The van der Waals surface area contributed by atoms with Gasteiger partial charge in [-0.05, 0) is 30.6 Å². The van der Waals surface area contributed by atoms with E-state index in [1.54, 1.807) is 0 Å². The van der Waals surface area contributed by atoms with Crippen molar-refractivity contribution in [3.8, 4) is 0 Å². The second-order valence-corrected chi connectivity index (χ2v) is 6.39. The maximum atomic E-state index is 12.2. The molecule has 0 aliphatic heterocycles. The second-order valence-electron chi connectivity index (χ2n) is 6.39. The fraction of sp³-hybridized carbons (Fsp3) is 0.625. The van der Waals surface area contributed by atoms with E-state index in [0.717, 1.165) is 12.0 Å². The number of hydrogen-bond acceptors (Lipinski definition) is 4. The molecule has 4 nitrogen and oxygen atoms in total. The first kappa shape index (κ1) is 14.8. The van der Waals surface area contributed by atoms with Gasteiger partial charge in [0.15, 0.2) is 5.41 Å². The van der Waals surface area contributed by atoms with E-state index in [9.17, 15) is 9.59 Å². The standard InChI is InChI=1S/C16H22O4/c1-15(2)7-5-6-11-9-16(13(17)19-3,14(18)20-4)10-12(11)8-15/h5-6,8,11H,7,9-10H2,1-4H3/t11-/m1/s1. The zero-order valence-corrected chi connectivity index (χ0v) is 12.6. The highest BCUT2D eigenvalue weighted by Gasteiger charge is 2.55. The SMILES string of the molecule is COC(=O)C1(C(=O)OC)CC2=CC(C)(C)CC=C[C@@H]2C1. The molecule has 0 aromatic rings. The van der Waals surface area contributed by atoms with Crippen molar-refractivity contribution < 1.29 is 19.1 Å². The Labute approximate surface area is 119 Å². The van der Waals surface area contributed by atoms with Gasteiger partial charge in [0.2, 0.25) is 0 Å². The van der Waals surface area contributed by atoms with Crippen molar-refractivity contribution in [2.24, 2.45) is 16.7 Å². The Kier molecular flexibility index (Phi) is 3.76. The van der Waals surface area contributed by atoms with E-state index < -0.39 is 17.4 Å². The molecule has 0 saturated heterocycles. The van der Waals surface area contributed by atoms with Gasteiger partial charge >= 0.3 is 11.9 Å². The van der Waals surface area contributed by atoms with Crippen molar-refractivity contribution >= 4 is 11.9 Å². The first-order valence-corrected chi connectivity index (χ1v) is 6.90. The number of hydrogen-bond donors (Lipinski definition) is 0. The predicted molar refractivity (Wildman–Crippen MR) is 74.8 cm³/mol. The van der Waals surface area contributed by atoms with Crippen LogP contribution in [0.5, 0.6) is 0 Å². The molecule has 1 atom stereocenters. The Bertz CT molecular complexity index is 469. The first-order valence-electron chi connectivity index (χ1n) is 6.90. The number of carbonyl (C=O) groups is 2. The lowest BCUT2D eigenvalue weighted by atomic mass is 9.83. The number of carbonyl (C=O) groups excluding carboxylic acids is 2. The molecule has 0 unspecified atom stereocenters. The summed E-state index contributed by atoms with van der Waals surface area (Å²) >= 11 is 0. The Morgan fingerprint density at radius 3 is 2.35 bits per heavy atom. The van der Waals surface area contributed by atoms with Gasteiger partial charge < -0.3 is 9.47 Å². The molecule has 0 radical (unpaired) electrons. The van der Waals surface area contributed by atoms with Crippen molar-refractivity contribution in [2.75, 3.05) is 14.2 Å². The summed E-state index contributed by atoms with van der Waals surface area (Å²) in [6, 6.07) is 0. The van der Waals surface area contributed by atoms with Crippen LogP contribution in [0.25, 0.3) is 0 Å². The van der Waals surface area contributed by atoms with Crippen molar-refractivity contribution in [3.05, 3.63) is 23.8 Å². The molecule has 0 spiro atoms. The zero-order chi connectivity index (χ0) is 15.0. The van der Waals surface area contributed by atoms with Crippen LogP contribution in [0.3, 0.4) is 0 Å². The van der Waals surface area contributed by atoms with Crippen LogP contribution in [-0.4, -0.2) is 26.2 Å². The number of rotatable bonds is 2. The van der Waals surface area contributed by atoms with Gasteiger partial charge in [0.25, 0.3) is 0 Å². The number of allylic oxidation sites excluding steroid dienone is 4. The molecule has 20 heavy (non-hydrogen) atoms. The van der Waals surface area contributed by atoms with Crippen LogP contribution in [0.15, 0.2) is 23.8 Å². The lowest BCUT2D eigenvalue weighted by Gasteiger charge is -2.23. The molecule has 2 aliphatic rings. The molecule has 0 aromatic heterocycles. The van der Waals surface area contributed by atoms with Crippen LogP contribution in [0.4, 0.5) is 0 Å². The fourth-order valence-electron chi connectivity index (χ4n) is 3.29. The van der Waals surface area contributed by atoms with Gasteiger partial charge in [-0.25, -0.2) is 0 Å². The van der Waals surface area contributed by atoms with Crippen molar-refractivity contribution in [2.45, 2.75) is 33.1 Å². The second kappa shape index (κ2) is 5.08. The molecule has 0 N–H and O–H groups in total. The summed E-state index contributed by atoms with van der Waals surface area (Å²) in [6.45, 7) is 4.31. The van der Waals surface area contributed by atoms with Gasteiger partial charge in [-0.1, -0.05) is 37.6 Å². The summed E-state index contributed by atoms with van der Waals surface area (Å²) in [5.74, 6) is -0.871. The normalized spacial score (nSPS) is 26.2. The predicted octanol–water partition coefficient (Wildman–Crippen LogP) is 2.64. The summed E-state index contributed by atoms with van der Waals surface area (Å²) in [6.07, 6.45) is 8.24. The van der Waals surface area contributed by atoms with Crippen LogP contribution in [-0.2, 0) is 19.1 Å².